The van der Waals surface area contributed by atoms with E-state index in [1.165, 1.54) is 11.3 Å². The Balaban J connectivity index is 1.92. The first-order chi connectivity index (χ1) is 9.19. The lowest BCUT2D eigenvalue weighted by Crippen LogP contribution is -2.08. The van der Waals surface area contributed by atoms with Gasteiger partial charge in [-0.3, -0.25) is 4.79 Å². The van der Waals surface area contributed by atoms with E-state index < -0.39 is 0 Å². The quantitative estimate of drug-likeness (QED) is 0.831. The predicted octanol–water partition coefficient (Wildman–Crippen LogP) is 2.88. The molecular weight excluding hydrogens is 282 g/mol. The van der Waals surface area contributed by atoms with Gasteiger partial charge in [0.05, 0.1) is 24.8 Å². The van der Waals surface area contributed by atoms with Gasteiger partial charge in [-0.15, -0.1) is 22.7 Å². The fourth-order valence-electron chi connectivity index (χ4n) is 1.51. The Hall–Kier alpha value is -1.47. The van der Waals surface area contributed by atoms with E-state index in [4.69, 9.17) is 4.74 Å². The summed E-state index contributed by atoms with van der Waals surface area (Å²) in [6.07, 6.45) is 2.00. The van der Waals surface area contributed by atoms with E-state index in [2.05, 4.69) is 15.3 Å². The van der Waals surface area contributed by atoms with Crippen molar-refractivity contribution in [1.82, 2.24) is 9.97 Å². The van der Waals surface area contributed by atoms with Crippen LogP contribution in [-0.4, -0.2) is 22.5 Å². The number of aromatic nitrogens is 2. The first-order valence-corrected chi connectivity index (χ1v) is 7.71. The van der Waals surface area contributed by atoms with Crippen molar-refractivity contribution in [2.24, 2.45) is 0 Å². The number of esters is 1. The minimum absolute atomic E-state index is 0.113. The highest BCUT2D eigenvalue weighted by Gasteiger charge is 2.12. The normalized spacial score (nSPS) is 12.1. The number of carbonyl (C=O) groups is 1. The number of thiazole rings is 2. The van der Waals surface area contributed by atoms with Crippen LogP contribution in [0.3, 0.4) is 0 Å². The lowest BCUT2D eigenvalue weighted by molar-refractivity contribution is -0.142. The largest absolute Gasteiger partial charge is 0.466 e. The molecule has 102 valence electrons. The summed E-state index contributed by atoms with van der Waals surface area (Å²) < 4.78 is 4.89. The van der Waals surface area contributed by atoms with Crippen LogP contribution >= 0.6 is 22.7 Å². The minimum Gasteiger partial charge on any atom is -0.466 e. The molecule has 2 rings (SSSR count). The highest BCUT2D eigenvalue weighted by atomic mass is 32.1. The van der Waals surface area contributed by atoms with Crippen LogP contribution in [0.2, 0.25) is 0 Å². The van der Waals surface area contributed by atoms with Crippen molar-refractivity contribution in [1.29, 1.82) is 0 Å². The molecule has 0 aliphatic rings. The molecule has 1 N–H and O–H groups in total. The fraction of sp³-hybridized carbons (Fsp3) is 0.417. The Bertz CT molecular complexity index is 525. The van der Waals surface area contributed by atoms with E-state index >= 15 is 0 Å². The molecule has 2 aromatic heterocycles. The third kappa shape index (κ3) is 4.00. The van der Waals surface area contributed by atoms with Gasteiger partial charge in [0.2, 0.25) is 0 Å². The summed E-state index contributed by atoms with van der Waals surface area (Å²) in [5.74, 6) is -0.243. The van der Waals surface area contributed by atoms with Crippen molar-refractivity contribution in [2.75, 3.05) is 11.9 Å². The van der Waals surface area contributed by atoms with Gasteiger partial charge in [-0.1, -0.05) is 0 Å². The number of rotatable bonds is 6. The van der Waals surface area contributed by atoms with Gasteiger partial charge < -0.3 is 10.1 Å². The molecule has 2 heterocycles. The molecule has 0 radical (unpaired) electrons. The van der Waals surface area contributed by atoms with Crippen molar-refractivity contribution in [3.63, 3.8) is 0 Å². The maximum absolute atomic E-state index is 11.3. The lowest BCUT2D eigenvalue weighted by Gasteiger charge is -2.08. The zero-order valence-corrected chi connectivity index (χ0v) is 12.4. The Morgan fingerprint density at radius 2 is 2.37 bits per heavy atom. The molecule has 0 bridgehead atoms. The van der Waals surface area contributed by atoms with E-state index in [9.17, 15) is 4.79 Å². The topological polar surface area (TPSA) is 64.1 Å². The van der Waals surface area contributed by atoms with Crippen molar-refractivity contribution in [3.05, 3.63) is 27.7 Å². The summed E-state index contributed by atoms with van der Waals surface area (Å²) in [6.45, 7) is 4.22. The van der Waals surface area contributed by atoms with E-state index in [0.29, 0.717) is 6.61 Å². The third-order valence-corrected chi connectivity index (χ3v) is 4.12. The SMILES string of the molecule is CCOC(=O)Cc1csc(NC(C)c2nccs2)n1. The molecule has 0 aromatic carbocycles. The number of hydrogen-bond donors (Lipinski definition) is 1. The van der Waals surface area contributed by atoms with E-state index in [1.54, 1.807) is 24.5 Å². The van der Waals surface area contributed by atoms with Gasteiger partial charge in [0.1, 0.15) is 5.01 Å². The number of nitrogens with one attached hydrogen (secondary N) is 1. The van der Waals surface area contributed by atoms with Crippen LogP contribution in [0.1, 0.15) is 30.6 Å². The molecule has 0 aliphatic heterocycles. The highest BCUT2D eigenvalue weighted by Crippen LogP contribution is 2.23. The number of hydrogen-bond acceptors (Lipinski definition) is 7. The zero-order valence-electron chi connectivity index (χ0n) is 10.8. The average Bonchev–Trinajstić information content (AvgIpc) is 3.00. The van der Waals surface area contributed by atoms with Crippen LogP contribution in [0.5, 0.6) is 0 Å². The molecule has 0 saturated heterocycles. The number of carbonyl (C=O) groups excluding carboxylic acids is 1. The summed E-state index contributed by atoms with van der Waals surface area (Å²) in [5, 5.41) is 8.90. The molecule has 0 amide bonds. The monoisotopic (exact) mass is 297 g/mol. The lowest BCUT2D eigenvalue weighted by atomic mass is 10.3. The molecule has 0 aliphatic carbocycles. The van der Waals surface area contributed by atoms with Gasteiger partial charge in [-0.25, -0.2) is 9.97 Å². The van der Waals surface area contributed by atoms with Gasteiger partial charge in [-0.05, 0) is 13.8 Å². The molecule has 0 fully saturated rings. The first-order valence-electron chi connectivity index (χ1n) is 5.95. The third-order valence-electron chi connectivity index (χ3n) is 2.34. The first kappa shape index (κ1) is 14.0. The minimum atomic E-state index is -0.243. The molecule has 2 aromatic rings. The molecule has 0 saturated carbocycles. The zero-order chi connectivity index (χ0) is 13.7. The van der Waals surface area contributed by atoms with Gasteiger partial charge in [0, 0.05) is 17.0 Å². The predicted molar refractivity (Wildman–Crippen MR) is 76.6 cm³/mol. The summed E-state index contributed by atoms with van der Waals surface area (Å²) in [6, 6.07) is 0.113. The van der Waals surface area contributed by atoms with E-state index in [1.807, 2.05) is 17.7 Å². The standard InChI is InChI=1S/C12H15N3O2S2/c1-3-17-10(16)6-9-7-19-12(15-9)14-8(2)11-13-4-5-18-11/h4-5,7-8H,3,6H2,1-2H3,(H,14,15). The smallest absolute Gasteiger partial charge is 0.311 e. The number of nitrogens with zero attached hydrogens (tertiary/aromatic N) is 2. The van der Waals surface area contributed by atoms with Crippen molar-refractivity contribution >= 4 is 33.8 Å². The summed E-state index contributed by atoms with van der Waals surface area (Å²) in [7, 11) is 0. The van der Waals surface area contributed by atoms with E-state index in [-0.39, 0.29) is 18.4 Å². The highest BCUT2D eigenvalue weighted by molar-refractivity contribution is 7.13. The van der Waals surface area contributed by atoms with Crippen LogP contribution in [0.25, 0.3) is 0 Å². The van der Waals surface area contributed by atoms with Crippen LogP contribution in [-0.2, 0) is 16.0 Å². The van der Waals surface area contributed by atoms with Crippen molar-refractivity contribution in [2.45, 2.75) is 26.3 Å². The Morgan fingerprint density at radius 3 is 3.05 bits per heavy atom. The van der Waals surface area contributed by atoms with Gasteiger partial charge in [-0.2, -0.15) is 0 Å². The second-order valence-corrected chi connectivity index (χ2v) is 5.65. The van der Waals surface area contributed by atoms with Crippen molar-refractivity contribution < 1.29 is 9.53 Å². The van der Waals surface area contributed by atoms with Gasteiger partial charge in [0.15, 0.2) is 5.13 Å². The van der Waals surface area contributed by atoms with Gasteiger partial charge in [0.25, 0.3) is 0 Å². The molecule has 5 nitrogen and oxygen atoms in total. The number of ether oxygens (including phenoxy) is 1. The molecular formula is C12H15N3O2S2. The Kier molecular flexibility index (Phi) is 4.86. The van der Waals surface area contributed by atoms with Crippen LogP contribution in [0.4, 0.5) is 5.13 Å². The van der Waals surface area contributed by atoms with Crippen molar-refractivity contribution in [3.8, 4) is 0 Å². The summed E-state index contributed by atoms with van der Waals surface area (Å²) in [5.41, 5.74) is 0.734. The molecule has 7 heteroatoms. The number of anilines is 1. The molecule has 0 spiro atoms. The second kappa shape index (κ2) is 6.63. The van der Waals surface area contributed by atoms with Crippen LogP contribution in [0, 0.1) is 0 Å². The average molecular weight is 297 g/mol. The second-order valence-electron chi connectivity index (χ2n) is 3.86. The Labute approximate surface area is 119 Å². The summed E-state index contributed by atoms with van der Waals surface area (Å²) >= 11 is 3.09. The van der Waals surface area contributed by atoms with Gasteiger partial charge >= 0.3 is 5.97 Å². The molecule has 19 heavy (non-hydrogen) atoms. The van der Waals surface area contributed by atoms with Crippen LogP contribution in [0.15, 0.2) is 17.0 Å². The molecule has 1 unspecified atom stereocenters. The van der Waals surface area contributed by atoms with Crippen LogP contribution < -0.4 is 5.32 Å². The maximum Gasteiger partial charge on any atom is 0.311 e. The Morgan fingerprint density at radius 1 is 1.53 bits per heavy atom. The summed E-state index contributed by atoms with van der Waals surface area (Å²) in [4.78, 5) is 20.0. The fourth-order valence-corrected chi connectivity index (χ4v) is 2.95. The van der Waals surface area contributed by atoms with E-state index in [0.717, 1.165) is 15.8 Å². The maximum atomic E-state index is 11.3. The molecule has 1 atom stereocenters.